The Morgan fingerprint density at radius 1 is 1.15 bits per heavy atom. The lowest BCUT2D eigenvalue weighted by Crippen LogP contribution is -2.29. The molecule has 0 spiro atoms. The van der Waals surface area contributed by atoms with E-state index in [9.17, 15) is 19.5 Å². The summed E-state index contributed by atoms with van der Waals surface area (Å²) in [5.41, 5.74) is 1.24. The number of aromatic hydroxyl groups is 1. The van der Waals surface area contributed by atoms with Crippen LogP contribution in [0, 0.1) is 0 Å². The number of phenols is 1. The molecule has 2 atom stereocenters. The molecule has 0 saturated carbocycles. The molecule has 1 amide bonds. The van der Waals surface area contributed by atoms with Gasteiger partial charge in [-0.25, -0.2) is 9.59 Å². The number of allylic oxidation sites excluding steroid dienone is 1. The van der Waals surface area contributed by atoms with Gasteiger partial charge in [-0.2, -0.15) is 0 Å². The van der Waals surface area contributed by atoms with E-state index < -0.39 is 24.3 Å². The van der Waals surface area contributed by atoms with Crippen LogP contribution in [0.4, 0.5) is 10.5 Å². The Morgan fingerprint density at radius 2 is 1.82 bits per heavy atom. The van der Waals surface area contributed by atoms with E-state index >= 15 is 0 Å². The number of Topliss-reactive ketones (excluding diaryl/α,β-unsaturated/α-hetero) is 1. The van der Waals surface area contributed by atoms with Gasteiger partial charge in [0.05, 0.1) is 10.6 Å². The number of anilines is 1. The fourth-order valence-corrected chi connectivity index (χ4v) is 4.43. The second-order valence-electron chi connectivity index (χ2n) is 7.22. The van der Waals surface area contributed by atoms with Gasteiger partial charge in [0.1, 0.15) is 5.75 Å². The number of phenolic OH excluding ortho intramolecular Hbond substituents is 1. The molecule has 0 bridgehead atoms. The molecule has 0 radical (unpaired) electrons. The van der Waals surface area contributed by atoms with Gasteiger partial charge in [0.25, 0.3) is 0 Å². The van der Waals surface area contributed by atoms with Crippen molar-refractivity contribution in [1.29, 1.82) is 0 Å². The quantitative estimate of drug-likeness (QED) is 0.207. The third kappa shape index (κ3) is 8.27. The maximum Gasteiger partial charge on any atom is 0.412 e. The SMILES string of the molecule is CCO[C@@H](CC/C=C/C(=O)O)[C@@H](OC(=O)Nc1ccc(C(C)=O)cc1)c1cc(Br)cc(Br)c1O. The number of hydrogen-bond donors (Lipinski definition) is 3. The molecule has 2 aromatic carbocycles. The minimum Gasteiger partial charge on any atom is -0.506 e. The van der Waals surface area contributed by atoms with E-state index in [-0.39, 0.29) is 11.5 Å². The molecule has 2 aromatic rings. The summed E-state index contributed by atoms with van der Waals surface area (Å²) in [5, 5.41) is 22.1. The third-order valence-electron chi connectivity index (χ3n) is 4.73. The topological polar surface area (TPSA) is 122 Å². The molecule has 0 aliphatic carbocycles. The zero-order valence-electron chi connectivity index (χ0n) is 18.6. The first-order valence-electron chi connectivity index (χ1n) is 10.4. The van der Waals surface area contributed by atoms with E-state index in [2.05, 4.69) is 37.2 Å². The van der Waals surface area contributed by atoms with Crippen molar-refractivity contribution in [3.8, 4) is 5.75 Å². The summed E-state index contributed by atoms with van der Waals surface area (Å²) in [6.45, 7) is 3.53. The number of carboxylic acids is 1. The highest BCUT2D eigenvalue weighted by atomic mass is 79.9. The Bertz CT molecular complexity index is 1050. The van der Waals surface area contributed by atoms with Crippen molar-refractivity contribution in [3.05, 3.63) is 68.6 Å². The number of hydrogen-bond acceptors (Lipinski definition) is 6. The minimum atomic E-state index is -1.07. The standard InChI is InChI=1S/C24H25Br2NO7/c1-3-33-20(6-4-5-7-21(29)30)23(18-12-16(25)13-19(26)22(18)31)34-24(32)27-17-10-8-15(9-11-17)14(2)28/h5,7-13,20,23,31H,3-4,6H2,1-2H3,(H,27,32)(H,29,30)/b7-5+/t20-,23-/m0/s1. The van der Waals surface area contributed by atoms with Crippen molar-refractivity contribution in [2.75, 3.05) is 11.9 Å². The Morgan fingerprint density at radius 3 is 2.41 bits per heavy atom. The van der Waals surface area contributed by atoms with Gasteiger partial charge in [-0.15, -0.1) is 0 Å². The molecule has 182 valence electrons. The smallest absolute Gasteiger partial charge is 0.412 e. The van der Waals surface area contributed by atoms with E-state index in [0.717, 1.165) is 6.08 Å². The highest BCUT2D eigenvalue weighted by Gasteiger charge is 2.31. The summed E-state index contributed by atoms with van der Waals surface area (Å²) in [7, 11) is 0. The summed E-state index contributed by atoms with van der Waals surface area (Å²) < 4.78 is 12.6. The van der Waals surface area contributed by atoms with Crippen LogP contribution in [0.5, 0.6) is 5.75 Å². The largest absolute Gasteiger partial charge is 0.506 e. The van der Waals surface area contributed by atoms with E-state index in [0.29, 0.717) is 45.2 Å². The zero-order valence-corrected chi connectivity index (χ0v) is 21.8. The van der Waals surface area contributed by atoms with Crippen LogP contribution in [0.1, 0.15) is 48.7 Å². The highest BCUT2D eigenvalue weighted by Crippen LogP contribution is 2.39. The van der Waals surface area contributed by atoms with Gasteiger partial charge in [-0.3, -0.25) is 10.1 Å². The number of benzene rings is 2. The Kier molecular flexibility index (Phi) is 10.7. The fraction of sp³-hybridized carbons (Fsp3) is 0.292. The molecule has 0 unspecified atom stereocenters. The fourth-order valence-electron chi connectivity index (χ4n) is 3.17. The lowest BCUT2D eigenvalue weighted by molar-refractivity contribution is -0.131. The summed E-state index contributed by atoms with van der Waals surface area (Å²) in [6, 6.07) is 9.61. The molecular formula is C24H25Br2NO7. The molecule has 8 nitrogen and oxygen atoms in total. The molecular weight excluding hydrogens is 574 g/mol. The Balaban J connectivity index is 2.32. The number of carbonyl (C=O) groups excluding carboxylic acids is 2. The molecule has 0 saturated heterocycles. The Labute approximate surface area is 214 Å². The molecule has 0 aliphatic heterocycles. The van der Waals surface area contributed by atoms with E-state index in [1.807, 2.05) is 0 Å². The number of amides is 1. The van der Waals surface area contributed by atoms with Crippen LogP contribution >= 0.6 is 31.9 Å². The number of ketones is 1. The van der Waals surface area contributed by atoms with Crippen molar-refractivity contribution in [3.63, 3.8) is 0 Å². The third-order valence-corrected chi connectivity index (χ3v) is 5.80. The van der Waals surface area contributed by atoms with Crippen molar-refractivity contribution >= 4 is 55.4 Å². The normalized spacial score (nSPS) is 12.8. The monoisotopic (exact) mass is 597 g/mol. The van der Waals surface area contributed by atoms with E-state index in [1.165, 1.54) is 13.0 Å². The molecule has 10 heteroatoms. The first-order valence-corrected chi connectivity index (χ1v) is 12.0. The van der Waals surface area contributed by atoms with Crippen molar-refractivity contribution < 1.29 is 34.1 Å². The predicted octanol–water partition coefficient (Wildman–Crippen LogP) is 6.24. The second kappa shape index (κ2) is 13.3. The maximum absolute atomic E-state index is 12.8. The Hall–Kier alpha value is -2.69. The average Bonchev–Trinajstić information content (AvgIpc) is 2.77. The summed E-state index contributed by atoms with van der Waals surface area (Å²) >= 11 is 6.67. The number of ether oxygens (including phenoxy) is 2. The zero-order chi connectivity index (χ0) is 25.3. The van der Waals surface area contributed by atoms with Gasteiger partial charge in [-0.1, -0.05) is 22.0 Å². The van der Waals surface area contributed by atoms with Crippen LogP contribution in [0.3, 0.4) is 0 Å². The molecule has 0 aliphatic rings. The van der Waals surface area contributed by atoms with Gasteiger partial charge < -0.3 is 19.7 Å². The van der Waals surface area contributed by atoms with Gasteiger partial charge in [-0.05, 0) is 79.0 Å². The van der Waals surface area contributed by atoms with Crippen LogP contribution in [-0.2, 0) is 14.3 Å². The maximum atomic E-state index is 12.8. The number of halogens is 2. The number of carbonyl (C=O) groups is 3. The van der Waals surface area contributed by atoms with E-state index in [4.69, 9.17) is 14.6 Å². The molecule has 0 aromatic heterocycles. The highest BCUT2D eigenvalue weighted by molar-refractivity contribution is 9.11. The number of carboxylic acid groups (broad SMARTS) is 1. The molecule has 0 fully saturated rings. The lowest BCUT2D eigenvalue weighted by Gasteiger charge is -2.28. The molecule has 3 N–H and O–H groups in total. The molecule has 34 heavy (non-hydrogen) atoms. The van der Waals surface area contributed by atoms with Crippen LogP contribution in [0.25, 0.3) is 0 Å². The predicted molar refractivity (Wildman–Crippen MR) is 134 cm³/mol. The number of nitrogens with one attached hydrogen (secondary N) is 1. The first kappa shape index (κ1) is 27.6. The van der Waals surface area contributed by atoms with Gasteiger partial charge in [0.2, 0.25) is 0 Å². The summed E-state index contributed by atoms with van der Waals surface area (Å²) in [6.07, 6.45) is 0.710. The number of aliphatic carboxylic acids is 1. The van der Waals surface area contributed by atoms with Crippen LogP contribution in [0.15, 0.2) is 57.5 Å². The van der Waals surface area contributed by atoms with Crippen molar-refractivity contribution in [2.24, 2.45) is 0 Å². The first-order chi connectivity index (χ1) is 16.1. The molecule has 2 rings (SSSR count). The van der Waals surface area contributed by atoms with Crippen LogP contribution in [-0.4, -0.2) is 40.8 Å². The van der Waals surface area contributed by atoms with Gasteiger partial charge >= 0.3 is 12.1 Å². The molecule has 0 heterocycles. The minimum absolute atomic E-state index is 0.0959. The van der Waals surface area contributed by atoms with Crippen LogP contribution in [0.2, 0.25) is 0 Å². The average molecular weight is 599 g/mol. The van der Waals surface area contributed by atoms with E-state index in [1.54, 1.807) is 43.3 Å². The van der Waals surface area contributed by atoms with Crippen molar-refractivity contribution in [1.82, 2.24) is 0 Å². The number of rotatable bonds is 11. The van der Waals surface area contributed by atoms with Crippen molar-refractivity contribution in [2.45, 2.75) is 38.9 Å². The van der Waals surface area contributed by atoms with Gasteiger partial charge in [0.15, 0.2) is 11.9 Å². The van der Waals surface area contributed by atoms with Gasteiger partial charge in [0, 0.05) is 34.0 Å². The summed E-state index contributed by atoms with van der Waals surface area (Å²) in [4.78, 5) is 35.0. The lowest BCUT2D eigenvalue weighted by atomic mass is 9.99. The van der Waals surface area contributed by atoms with Crippen LogP contribution < -0.4 is 5.32 Å². The second-order valence-corrected chi connectivity index (χ2v) is 8.99. The summed E-state index contributed by atoms with van der Waals surface area (Å²) in [5.74, 6) is -1.27.